The number of carboxylic acid groups (broad SMARTS) is 1. The molecular formula is C33H45F3N6O5. The van der Waals surface area contributed by atoms with Gasteiger partial charge in [0.15, 0.2) is 16.9 Å². The highest BCUT2D eigenvalue weighted by Gasteiger charge is 2.54. The van der Waals surface area contributed by atoms with Crippen LogP contribution in [0.1, 0.15) is 84.1 Å². The molecule has 2 unspecified atom stereocenters. The minimum Gasteiger partial charge on any atom is -0.475 e. The third-order valence-corrected chi connectivity index (χ3v) is 11.8. The maximum absolute atomic E-state index is 14.3. The minimum atomic E-state index is -5.08. The number of fused-ring (bicyclic) bond motifs is 2. The second-order valence-corrected chi connectivity index (χ2v) is 15.6. The van der Waals surface area contributed by atoms with E-state index in [1.165, 1.54) is 23.8 Å². The molecule has 2 saturated heterocycles. The van der Waals surface area contributed by atoms with Crippen molar-refractivity contribution in [3.05, 3.63) is 20.8 Å². The number of Topliss-reactive ketones (excluding diaryl/α,β-unsaturated/α-hetero) is 1. The van der Waals surface area contributed by atoms with Crippen LogP contribution in [0.2, 0.25) is 0 Å². The molecule has 9 rings (SSSR count). The number of anilines is 1. The van der Waals surface area contributed by atoms with Crippen LogP contribution in [0, 0.1) is 35.0 Å². The summed E-state index contributed by atoms with van der Waals surface area (Å²) < 4.78 is 36.9. The van der Waals surface area contributed by atoms with E-state index in [2.05, 4.69) is 28.6 Å². The number of carbonyl (C=O) groups excluding carboxylic acids is 1. The highest BCUT2D eigenvalue weighted by Crippen LogP contribution is 2.60. The summed E-state index contributed by atoms with van der Waals surface area (Å²) in [5.41, 5.74) is 0.0695. The van der Waals surface area contributed by atoms with Crippen molar-refractivity contribution in [3.8, 4) is 0 Å². The zero-order valence-electron chi connectivity index (χ0n) is 27.1. The molecule has 0 radical (unpaired) electrons. The molecule has 0 aromatic carbocycles. The Morgan fingerprint density at radius 3 is 2.17 bits per heavy atom. The second-order valence-electron chi connectivity index (χ2n) is 15.6. The Morgan fingerprint density at radius 1 is 1.00 bits per heavy atom. The molecule has 7 fully saturated rings. The lowest BCUT2D eigenvalue weighted by atomic mass is 9.48. The zero-order chi connectivity index (χ0) is 33.4. The molecule has 4 heterocycles. The summed E-state index contributed by atoms with van der Waals surface area (Å²) in [7, 11) is 0. The van der Waals surface area contributed by atoms with Gasteiger partial charge in [-0.1, -0.05) is 13.8 Å². The molecule has 47 heavy (non-hydrogen) atoms. The predicted molar refractivity (Wildman–Crippen MR) is 167 cm³/mol. The molecule has 258 valence electrons. The first kappa shape index (κ1) is 32.4. The lowest BCUT2D eigenvalue weighted by Gasteiger charge is -2.56. The van der Waals surface area contributed by atoms with Crippen molar-refractivity contribution in [2.24, 2.45) is 35.0 Å². The van der Waals surface area contributed by atoms with Crippen LogP contribution in [-0.4, -0.2) is 67.4 Å². The monoisotopic (exact) mass is 662 g/mol. The van der Waals surface area contributed by atoms with Gasteiger partial charge in [0.05, 0.1) is 6.54 Å². The number of rotatable bonds is 8. The van der Waals surface area contributed by atoms with Gasteiger partial charge >= 0.3 is 17.8 Å². The largest absolute Gasteiger partial charge is 0.490 e. The van der Waals surface area contributed by atoms with Crippen molar-refractivity contribution in [2.75, 3.05) is 24.5 Å². The Morgan fingerprint density at radius 2 is 1.62 bits per heavy atom. The second kappa shape index (κ2) is 11.8. The third kappa shape index (κ3) is 5.82. The number of halogens is 3. The number of ketones is 1. The van der Waals surface area contributed by atoms with E-state index in [0.717, 1.165) is 70.5 Å². The summed E-state index contributed by atoms with van der Waals surface area (Å²) in [5.74, 6) is 1.21. The molecule has 2 atom stereocenters. The van der Waals surface area contributed by atoms with Gasteiger partial charge in [0.2, 0.25) is 5.95 Å². The molecule has 4 bridgehead atoms. The van der Waals surface area contributed by atoms with Crippen LogP contribution in [0.3, 0.4) is 0 Å². The van der Waals surface area contributed by atoms with Gasteiger partial charge in [-0.05, 0) is 93.8 Å². The Hall–Kier alpha value is -3.16. The summed E-state index contributed by atoms with van der Waals surface area (Å²) in [6.45, 7) is 7.88. The van der Waals surface area contributed by atoms with Crippen molar-refractivity contribution in [3.63, 3.8) is 0 Å². The van der Waals surface area contributed by atoms with Crippen molar-refractivity contribution in [1.82, 2.24) is 24.0 Å². The first-order valence-corrected chi connectivity index (χ1v) is 17.3. The number of aromatic nitrogens is 4. The minimum absolute atomic E-state index is 0.0669. The Kier molecular flexibility index (Phi) is 8.11. The molecule has 7 aliphatic rings. The zero-order valence-corrected chi connectivity index (χ0v) is 27.1. The molecule has 2 N–H and O–H groups in total. The molecule has 2 aromatic rings. The Labute approximate surface area is 270 Å². The van der Waals surface area contributed by atoms with E-state index in [0.29, 0.717) is 53.3 Å². The average Bonchev–Trinajstić information content (AvgIpc) is 3.39. The van der Waals surface area contributed by atoms with Crippen LogP contribution in [0.5, 0.6) is 0 Å². The summed E-state index contributed by atoms with van der Waals surface area (Å²) in [5, 5.41) is 10.7. The number of carbonyl (C=O) groups is 2. The number of carboxylic acids is 1. The van der Waals surface area contributed by atoms with E-state index >= 15 is 0 Å². The number of hydrogen-bond acceptors (Lipinski definition) is 7. The lowest BCUT2D eigenvalue weighted by molar-refractivity contribution is -0.192. The Bertz CT molecular complexity index is 1650. The number of aryl methyl sites for hydroxylation is 1. The molecule has 14 heteroatoms. The summed E-state index contributed by atoms with van der Waals surface area (Å²) in [6.07, 6.45) is 5.44. The van der Waals surface area contributed by atoms with Gasteiger partial charge in [-0.2, -0.15) is 18.2 Å². The van der Waals surface area contributed by atoms with Crippen molar-refractivity contribution in [2.45, 2.75) is 109 Å². The summed E-state index contributed by atoms with van der Waals surface area (Å²) in [6, 6.07) is 0.438. The summed E-state index contributed by atoms with van der Waals surface area (Å²) >= 11 is 0. The molecule has 5 aliphatic carbocycles. The fourth-order valence-corrected chi connectivity index (χ4v) is 9.72. The first-order valence-electron chi connectivity index (χ1n) is 17.3. The molecule has 0 spiro atoms. The predicted octanol–water partition coefficient (Wildman–Crippen LogP) is 3.96. The van der Waals surface area contributed by atoms with Gasteiger partial charge in [-0.15, -0.1) is 0 Å². The van der Waals surface area contributed by atoms with E-state index in [9.17, 15) is 27.6 Å². The molecule has 2 aliphatic heterocycles. The van der Waals surface area contributed by atoms with Crippen LogP contribution < -0.4 is 21.5 Å². The molecule has 2 aromatic heterocycles. The van der Waals surface area contributed by atoms with E-state index in [1.54, 1.807) is 4.57 Å². The van der Waals surface area contributed by atoms with Crippen LogP contribution in [-0.2, 0) is 22.7 Å². The fraction of sp³-hybridized carbons (Fsp3) is 0.788. The molecule has 0 amide bonds. The normalized spacial score (nSPS) is 31.0. The fourth-order valence-electron chi connectivity index (χ4n) is 9.72. The number of nitrogens with one attached hydrogen (secondary N) is 1. The van der Waals surface area contributed by atoms with Gasteiger partial charge in [0.1, 0.15) is 0 Å². The number of aliphatic carboxylic acids is 1. The van der Waals surface area contributed by atoms with Crippen molar-refractivity contribution in [1.29, 1.82) is 0 Å². The standard InChI is InChI=1S/C31H44N6O3.C2HF3O2/c1-18(2)5-7-35-26-27(33-29(35)34-8-6-22-15-32-16-24(22)34)37(23-3-4-23)30(40)36(28(26)39)17-25(38)31-12-19-9-20(13-31)11-21(10-19)14-31;3-2(4,5)1(6)7/h18-24,32H,3-17H2,1-2H3;(H,6,7). The first-order chi connectivity index (χ1) is 22.3. The van der Waals surface area contributed by atoms with Crippen LogP contribution >= 0.6 is 0 Å². The van der Waals surface area contributed by atoms with Crippen LogP contribution in [0.25, 0.3) is 11.2 Å². The SMILES string of the molecule is CC(C)CCn1c(N2CCC3CNCC32)nc2c1c(=O)n(CC(=O)C13CC4CC(CC(C4)C1)C3)c(=O)n2C1CC1.O=C(O)C(F)(F)F. The number of nitrogens with zero attached hydrogens (tertiary/aromatic N) is 5. The van der Waals surface area contributed by atoms with Crippen molar-refractivity contribution < 1.29 is 27.9 Å². The van der Waals surface area contributed by atoms with Crippen LogP contribution in [0.4, 0.5) is 19.1 Å². The molecular weight excluding hydrogens is 617 g/mol. The average molecular weight is 663 g/mol. The number of alkyl halides is 3. The maximum Gasteiger partial charge on any atom is 0.490 e. The number of imidazole rings is 1. The smallest absolute Gasteiger partial charge is 0.475 e. The quantitative estimate of drug-likeness (QED) is 0.435. The van der Waals surface area contributed by atoms with Gasteiger partial charge in [0.25, 0.3) is 5.56 Å². The Balaban J connectivity index is 0.000000455. The van der Waals surface area contributed by atoms with Crippen molar-refractivity contribution >= 4 is 28.9 Å². The van der Waals surface area contributed by atoms with Crippen LogP contribution in [0.15, 0.2) is 9.59 Å². The maximum atomic E-state index is 14.3. The summed E-state index contributed by atoms with van der Waals surface area (Å²) in [4.78, 5) is 58.9. The van der Waals surface area contributed by atoms with E-state index in [4.69, 9.17) is 14.9 Å². The lowest BCUT2D eigenvalue weighted by Crippen LogP contribution is -2.52. The van der Waals surface area contributed by atoms with E-state index < -0.39 is 12.1 Å². The molecule has 5 saturated carbocycles. The highest BCUT2D eigenvalue weighted by molar-refractivity contribution is 5.85. The van der Waals surface area contributed by atoms with E-state index in [1.807, 2.05) is 0 Å². The third-order valence-electron chi connectivity index (χ3n) is 11.8. The van der Waals surface area contributed by atoms with Gasteiger partial charge < -0.3 is 19.9 Å². The number of hydrogen-bond donors (Lipinski definition) is 2. The topological polar surface area (TPSA) is 131 Å². The van der Waals surface area contributed by atoms with E-state index in [-0.39, 0.29) is 35.0 Å². The van der Waals surface area contributed by atoms with Gasteiger partial charge in [-0.3, -0.25) is 18.7 Å². The highest BCUT2D eigenvalue weighted by atomic mass is 19.4. The van der Waals surface area contributed by atoms with Gasteiger partial charge in [0, 0.05) is 43.7 Å². The molecule has 11 nitrogen and oxygen atoms in total. The van der Waals surface area contributed by atoms with Gasteiger partial charge in [-0.25, -0.2) is 9.59 Å².